The maximum absolute atomic E-state index is 12.0. The summed E-state index contributed by atoms with van der Waals surface area (Å²) >= 11 is 1.61. The van der Waals surface area contributed by atoms with Crippen LogP contribution in [-0.2, 0) is 4.79 Å². The Kier molecular flexibility index (Phi) is 6.58. The van der Waals surface area contributed by atoms with Crippen molar-refractivity contribution in [2.24, 2.45) is 0 Å². The molecule has 1 amide bonds. The van der Waals surface area contributed by atoms with Gasteiger partial charge in [0.2, 0.25) is 5.91 Å². The van der Waals surface area contributed by atoms with Crippen LogP contribution in [0.1, 0.15) is 42.6 Å². The second kappa shape index (κ2) is 7.94. The van der Waals surface area contributed by atoms with Crippen LogP contribution in [0, 0.1) is 6.92 Å². The second-order valence-corrected chi connectivity index (χ2v) is 6.14. The van der Waals surface area contributed by atoms with E-state index in [1.54, 1.807) is 30.8 Å². The molecule has 0 aliphatic heterocycles. The number of carboxylic acids is 1. The number of hydrogen-bond acceptors (Lipinski definition) is 3. The van der Waals surface area contributed by atoms with Crippen LogP contribution in [0.4, 0.5) is 5.69 Å². The molecule has 0 saturated heterocycles. The molecule has 1 aromatic rings. The summed E-state index contributed by atoms with van der Waals surface area (Å²) in [6.45, 7) is 5.71. The quantitative estimate of drug-likeness (QED) is 0.755. The predicted molar refractivity (Wildman–Crippen MR) is 83.6 cm³/mol. The Hall–Kier alpha value is -1.49. The zero-order valence-corrected chi connectivity index (χ0v) is 12.9. The van der Waals surface area contributed by atoms with Gasteiger partial charge in [-0.2, -0.15) is 0 Å². The van der Waals surface area contributed by atoms with Crippen molar-refractivity contribution in [1.82, 2.24) is 0 Å². The Labute approximate surface area is 124 Å². The van der Waals surface area contributed by atoms with Crippen molar-refractivity contribution in [3.05, 3.63) is 29.3 Å². The largest absolute Gasteiger partial charge is 0.478 e. The van der Waals surface area contributed by atoms with E-state index in [1.807, 2.05) is 6.92 Å². The van der Waals surface area contributed by atoms with Crippen molar-refractivity contribution in [1.29, 1.82) is 0 Å². The molecule has 5 heteroatoms. The number of carboxylic acid groups (broad SMARTS) is 1. The SMILES string of the molecule is CCCCSC(C)C(=O)Nc1ccc(C)c(C(=O)O)c1. The molecule has 0 radical (unpaired) electrons. The maximum Gasteiger partial charge on any atom is 0.336 e. The van der Waals surface area contributed by atoms with Gasteiger partial charge in [-0.3, -0.25) is 4.79 Å². The number of nitrogens with one attached hydrogen (secondary N) is 1. The van der Waals surface area contributed by atoms with Gasteiger partial charge in [-0.05, 0) is 43.7 Å². The van der Waals surface area contributed by atoms with Gasteiger partial charge >= 0.3 is 5.97 Å². The molecule has 20 heavy (non-hydrogen) atoms. The number of unbranched alkanes of at least 4 members (excludes halogenated alkanes) is 1. The van der Waals surface area contributed by atoms with Gasteiger partial charge in [-0.15, -0.1) is 11.8 Å². The average molecular weight is 295 g/mol. The smallest absolute Gasteiger partial charge is 0.336 e. The van der Waals surface area contributed by atoms with Crippen molar-refractivity contribution >= 4 is 29.3 Å². The molecule has 0 aliphatic rings. The molecule has 4 nitrogen and oxygen atoms in total. The van der Waals surface area contributed by atoms with E-state index in [0.717, 1.165) is 18.6 Å². The first-order chi connectivity index (χ1) is 9.45. The Balaban J connectivity index is 2.66. The number of aromatic carboxylic acids is 1. The number of benzene rings is 1. The Morgan fingerprint density at radius 2 is 2.10 bits per heavy atom. The van der Waals surface area contributed by atoms with Crippen LogP contribution in [0.5, 0.6) is 0 Å². The number of anilines is 1. The summed E-state index contributed by atoms with van der Waals surface area (Å²) in [4.78, 5) is 23.0. The molecule has 1 aromatic carbocycles. The highest BCUT2D eigenvalue weighted by atomic mass is 32.2. The lowest BCUT2D eigenvalue weighted by atomic mass is 10.1. The summed E-state index contributed by atoms with van der Waals surface area (Å²) in [5.74, 6) is -0.116. The fraction of sp³-hybridized carbons (Fsp3) is 0.467. The van der Waals surface area contributed by atoms with Crippen LogP contribution in [0.2, 0.25) is 0 Å². The highest BCUT2D eigenvalue weighted by molar-refractivity contribution is 8.00. The first-order valence-electron chi connectivity index (χ1n) is 6.72. The number of thioether (sulfide) groups is 1. The van der Waals surface area contributed by atoms with Crippen molar-refractivity contribution in [2.75, 3.05) is 11.1 Å². The molecule has 0 aromatic heterocycles. The fourth-order valence-corrected chi connectivity index (χ4v) is 2.67. The lowest BCUT2D eigenvalue weighted by molar-refractivity contribution is -0.115. The molecule has 1 unspecified atom stereocenters. The van der Waals surface area contributed by atoms with Gasteiger partial charge in [0.05, 0.1) is 10.8 Å². The zero-order chi connectivity index (χ0) is 15.1. The third-order valence-electron chi connectivity index (χ3n) is 2.97. The third-order valence-corrected chi connectivity index (χ3v) is 4.21. The van der Waals surface area contributed by atoms with Crippen molar-refractivity contribution in [2.45, 2.75) is 38.9 Å². The fourth-order valence-electron chi connectivity index (χ4n) is 1.65. The Morgan fingerprint density at radius 3 is 2.70 bits per heavy atom. The van der Waals surface area contributed by atoms with Crippen molar-refractivity contribution in [3.63, 3.8) is 0 Å². The van der Waals surface area contributed by atoms with Gasteiger partial charge in [0.1, 0.15) is 0 Å². The second-order valence-electron chi connectivity index (χ2n) is 4.69. The minimum atomic E-state index is -0.982. The maximum atomic E-state index is 12.0. The molecule has 0 bridgehead atoms. The normalized spacial score (nSPS) is 11.9. The average Bonchev–Trinajstić information content (AvgIpc) is 2.40. The number of hydrogen-bond donors (Lipinski definition) is 2. The lowest BCUT2D eigenvalue weighted by Gasteiger charge is -2.12. The summed E-state index contributed by atoms with van der Waals surface area (Å²) in [5.41, 5.74) is 1.43. The van der Waals surface area contributed by atoms with Gasteiger partial charge < -0.3 is 10.4 Å². The van der Waals surface area contributed by atoms with E-state index >= 15 is 0 Å². The first kappa shape index (κ1) is 16.6. The lowest BCUT2D eigenvalue weighted by Crippen LogP contribution is -2.23. The van der Waals surface area contributed by atoms with E-state index in [1.165, 1.54) is 6.07 Å². The minimum absolute atomic E-state index is 0.0914. The van der Waals surface area contributed by atoms with Gasteiger partial charge in [-0.25, -0.2) is 4.79 Å². The molecular formula is C15H21NO3S. The van der Waals surface area contributed by atoms with E-state index in [4.69, 9.17) is 5.11 Å². The molecule has 2 N–H and O–H groups in total. The monoisotopic (exact) mass is 295 g/mol. The number of amides is 1. The van der Waals surface area contributed by atoms with Gasteiger partial charge in [0.25, 0.3) is 0 Å². The molecular weight excluding hydrogens is 274 g/mol. The Morgan fingerprint density at radius 1 is 1.40 bits per heavy atom. The summed E-state index contributed by atoms with van der Waals surface area (Å²) in [6.07, 6.45) is 2.21. The van der Waals surface area contributed by atoms with Crippen LogP contribution in [0.3, 0.4) is 0 Å². The van der Waals surface area contributed by atoms with Gasteiger partial charge in [0, 0.05) is 5.69 Å². The molecule has 0 heterocycles. The predicted octanol–water partition coefficient (Wildman–Crippen LogP) is 3.55. The third kappa shape index (κ3) is 4.89. The molecule has 110 valence electrons. The molecule has 0 saturated carbocycles. The van der Waals surface area contributed by atoms with Crippen molar-refractivity contribution < 1.29 is 14.7 Å². The number of rotatable bonds is 7. The topological polar surface area (TPSA) is 66.4 Å². The summed E-state index contributed by atoms with van der Waals surface area (Å²) in [5, 5.41) is 11.7. The van der Waals surface area contributed by atoms with E-state index in [0.29, 0.717) is 11.3 Å². The van der Waals surface area contributed by atoms with E-state index in [9.17, 15) is 9.59 Å². The highest BCUT2D eigenvalue weighted by Gasteiger charge is 2.14. The number of carbonyl (C=O) groups excluding carboxylic acids is 1. The summed E-state index contributed by atoms with van der Waals surface area (Å²) < 4.78 is 0. The summed E-state index contributed by atoms with van der Waals surface area (Å²) in [7, 11) is 0. The van der Waals surface area contributed by atoms with E-state index < -0.39 is 5.97 Å². The van der Waals surface area contributed by atoms with Gasteiger partial charge in [-0.1, -0.05) is 19.4 Å². The van der Waals surface area contributed by atoms with Crippen LogP contribution < -0.4 is 5.32 Å². The molecule has 0 fully saturated rings. The Bertz CT molecular complexity index is 488. The zero-order valence-electron chi connectivity index (χ0n) is 12.1. The standard InChI is InChI=1S/C15H21NO3S/c1-4-5-8-20-11(3)14(17)16-12-7-6-10(2)13(9-12)15(18)19/h6-7,9,11H,4-5,8H2,1-3H3,(H,16,17)(H,18,19). The number of aryl methyl sites for hydroxylation is 1. The molecule has 1 rings (SSSR count). The highest BCUT2D eigenvalue weighted by Crippen LogP contribution is 2.18. The van der Waals surface area contributed by atoms with Crippen molar-refractivity contribution in [3.8, 4) is 0 Å². The molecule has 1 atom stereocenters. The number of carbonyl (C=O) groups is 2. The first-order valence-corrected chi connectivity index (χ1v) is 7.77. The molecule has 0 aliphatic carbocycles. The van der Waals surface area contributed by atoms with Crippen LogP contribution >= 0.6 is 11.8 Å². The molecule has 0 spiro atoms. The van der Waals surface area contributed by atoms with Crippen LogP contribution in [-0.4, -0.2) is 28.0 Å². The van der Waals surface area contributed by atoms with Crippen LogP contribution in [0.25, 0.3) is 0 Å². The minimum Gasteiger partial charge on any atom is -0.478 e. The van der Waals surface area contributed by atoms with E-state index in [2.05, 4.69) is 12.2 Å². The van der Waals surface area contributed by atoms with E-state index in [-0.39, 0.29) is 16.7 Å². The van der Waals surface area contributed by atoms with Crippen LogP contribution in [0.15, 0.2) is 18.2 Å². The van der Waals surface area contributed by atoms with Gasteiger partial charge in [0.15, 0.2) is 0 Å². The summed E-state index contributed by atoms with van der Waals surface area (Å²) in [6, 6.07) is 4.93.